The molecule has 0 aliphatic heterocycles. The van der Waals surface area contributed by atoms with Gasteiger partial charge in [0.2, 0.25) is 5.91 Å². The molecule has 6 heteroatoms. The Balaban J connectivity index is 1.31. The lowest BCUT2D eigenvalue weighted by molar-refractivity contribution is -0.120. The zero-order valence-corrected chi connectivity index (χ0v) is 20.5. The fourth-order valence-electron chi connectivity index (χ4n) is 4.36. The summed E-state index contributed by atoms with van der Waals surface area (Å²) in [6, 6.07) is 24.4. The third-order valence-corrected chi connectivity index (χ3v) is 6.14. The first-order valence-corrected chi connectivity index (χ1v) is 12.1. The summed E-state index contributed by atoms with van der Waals surface area (Å²) in [5, 5.41) is 3.04. The smallest absolute Gasteiger partial charge is 0.224 e. The summed E-state index contributed by atoms with van der Waals surface area (Å²) in [6.45, 7) is 1.54. The van der Waals surface area contributed by atoms with Crippen LogP contribution in [0.15, 0.2) is 72.8 Å². The summed E-state index contributed by atoms with van der Waals surface area (Å²) in [6.07, 6.45) is 4.05. The number of methoxy groups -OCH3 is 2. The Kier molecular flexibility index (Phi) is 8.39. The average Bonchev–Trinajstić information content (AvgIpc) is 3.24. The van der Waals surface area contributed by atoms with Crippen molar-refractivity contribution in [2.45, 2.75) is 38.6 Å². The zero-order chi connectivity index (χ0) is 24.5. The van der Waals surface area contributed by atoms with Gasteiger partial charge in [-0.2, -0.15) is 0 Å². The van der Waals surface area contributed by atoms with Gasteiger partial charge in [0.25, 0.3) is 0 Å². The SMILES string of the molecule is COc1ccc(CC(=O)NCCCc2nc3ccccc3n2CCCc2ccccc2)cc1OC. The van der Waals surface area contributed by atoms with Crippen molar-refractivity contribution in [1.29, 1.82) is 0 Å². The molecule has 0 saturated heterocycles. The second-order valence-corrected chi connectivity index (χ2v) is 8.58. The number of amides is 1. The molecule has 4 aromatic rings. The highest BCUT2D eigenvalue weighted by molar-refractivity contribution is 5.79. The van der Waals surface area contributed by atoms with Gasteiger partial charge in [0, 0.05) is 19.5 Å². The van der Waals surface area contributed by atoms with E-state index in [1.165, 1.54) is 11.1 Å². The summed E-state index contributed by atoms with van der Waals surface area (Å²) in [4.78, 5) is 17.3. The van der Waals surface area contributed by atoms with Crippen LogP contribution >= 0.6 is 0 Å². The topological polar surface area (TPSA) is 65.4 Å². The third kappa shape index (κ3) is 6.41. The van der Waals surface area contributed by atoms with Crippen LogP contribution in [-0.2, 0) is 30.6 Å². The molecule has 1 amide bonds. The van der Waals surface area contributed by atoms with Crippen molar-refractivity contribution in [1.82, 2.24) is 14.9 Å². The molecule has 4 rings (SSSR count). The molecule has 0 spiro atoms. The van der Waals surface area contributed by atoms with Crippen molar-refractivity contribution in [3.8, 4) is 11.5 Å². The van der Waals surface area contributed by atoms with Gasteiger partial charge in [0.05, 0.1) is 31.7 Å². The molecule has 3 aromatic carbocycles. The van der Waals surface area contributed by atoms with E-state index in [1.54, 1.807) is 14.2 Å². The van der Waals surface area contributed by atoms with Gasteiger partial charge in [-0.1, -0.05) is 48.5 Å². The predicted molar refractivity (Wildman–Crippen MR) is 139 cm³/mol. The van der Waals surface area contributed by atoms with E-state index in [4.69, 9.17) is 14.5 Å². The van der Waals surface area contributed by atoms with E-state index in [0.717, 1.165) is 49.1 Å². The molecular weight excluding hydrogens is 438 g/mol. The maximum atomic E-state index is 12.5. The molecule has 0 bridgehead atoms. The monoisotopic (exact) mass is 471 g/mol. The number of imidazole rings is 1. The number of hydrogen-bond acceptors (Lipinski definition) is 4. The second-order valence-electron chi connectivity index (χ2n) is 8.58. The van der Waals surface area contributed by atoms with E-state index in [1.807, 2.05) is 24.3 Å². The van der Waals surface area contributed by atoms with Crippen molar-refractivity contribution in [3.05, 3.63) is 89.7 Å². The minimum Gasteiger partial charge on any atom is -0.493 e. The minimum atomic E-state index is -0.00594. The number of aromatic nitrogens is 2. The predicted octanol–water partition coefficient (Wildman–Crippen LogP) is 4.98. The van der Waals surface area contributed by atoms with Crippen molar-refractivity contribution in [2.24, 2.45) is 0 Å². The van der Waals surface area contributed by atoms with Crippen LogP contribution in [0.1, 0.15) is 29.8 Å². The van der Waals surface area contributed by atoms with Crippen LogP contribution in [0.25, 0.3) is 11.0 Å². The number of ether oxygens (including phenoxy) is 2. The normalized spacial score (nSPS) is 10.9. The highest BCUT2D eigenvalue weighted by atomic mass is 16.5. The van der Waals surface area contributed by atoms with Crippen LogP contribution in [0.2, 0.25) is 0 Å². The number of nitrogens with one attached hydrogen (secondary N) is 1. The Hall–Kier alpha value is -3.80. The Morgan fingerprint density at radius 1 is 0.857 bits per heavy atom. The molecule has 35 heavy (non-hydrogen) atoms. The van der Waals surface area contributed by atoms with Crippen LogP contribution in [0.5, 0.6) is 11.5 Å². The molecule has 1 aromatic heterocycles. The van der Waals surface area contributed by atoms with Gasteiger partial charge in [-0.25, -0.2) is 4.98 Å². The molecule has 0 saturated carbocycles. The molecule has 0 aliphatic carbocycles. The number of fused-ring (bicyclic) bond motifs is 1. The standard InChI is InChI=1S/C29H33N3O3/c1-34-26-17-16-23(20-27(26)35-2)21-29(33)30-18-8-15-28-31-24-13-6-7-14-25(24)32(28)19-9-12-22-10-4-3-5-11-22/h3-7,10-11,13-14,16-17,20H,8-9,12,15,18-19,21H2,1-2H3,(H,30,33). The number of hydrogen-bond donors (Lipinski definition) is 1. The van der Waals surface area contributed by atoms with Gasteiger partial charge < -0.3 is 19.4 Å². The second kappa shape index (κ2) is 12.1. The Bertz CT molecular complexity index is 1250. The first kappa shape index (κ1) is 24.3. The van der Waals surface area contributed by atoms with E-state index in [9.17, 15) is 4.79 Å². The number of carbonyl (C=O) groups is 1. The van der Waals surface area contributed by atoms with E-state index in [2.05, 4.69) is 58.4 Å². The number of para-hydroxylation sites is 2. The third-order valence-electron chi connectivity index (χ3n) is 6.14. The Morgan fingerprint density at radius 3 is 2.43 bits per heavy atom. The summed E-state index contributed by atoms with van der Waals surface area (Å²) in [5.74, 6) is 2.36. The van der Waals surface area contributed by atoms with Gasteiger partial charge in [-0.3, -0.25) is 4.79 Å². The number of nitrogens with zero attached hydrogens (tertiary/aromatic N) is 2. The summed E-state index contributed by atoms with van der Waals surface area (Å²) in [5.41, 5.74) is 4.45. The highest BCUT2D eigenvalue weighted by Gasteiger charge is 2.11. The van der Waals surface area contributed by atoms with Gasteiger partial charge in [0.1, 0.15) is 5.82 Å². The van der Waals surface area contributed by atoms with E-state index in [-0.39, 0.29) is 5.91 Å². The fraction of sp³-hybridized carbons (Fsp3) is 0.310. The molecule has 1 N–H and O–H groups in total. The average molecular weight is 472 g/mol. The molecule has 0 radical (unpaired) electrons. The minimum absolute atomic E-state index is 0.00594. The maximum absolute atomic E-state index is 12.5. The first-order valence-electron chi connectivity index (χ1n) is 12.1. The molecule has 1 heterocycles. The zero-order valence-electron chi connectivity index (χ0n) is 20.5. The summed E-state index contributed by atoms with van der Waals surface area (Å²) >= 11 is 0. The Labute approximate surface area is 206 Å². The van der Waals surface area contributed by atoms with Gasteiger partial charge in [-0.15, -0.1) is 0 Å². The molecule has 0 unspecified atom stereocenters. The largest absolute Gasteiger partial charge is 0.493 e. The number of benzene rings is 3. The van der Waals surface area contributed by atoms with Crippen LogP contribution < -0.4 is 14.8 Å². The van der Waals surface area contributed by atoms with Crippen LogP contribution in [0.4, 0.5) is 0 Å². The molecule has 0 fully saturated rings. The molecular formula is C29H33N3O3. The van der Waals surface area contributed by atoms with E-state index < -0.39 is 0 Å². The molecule has 182 valence electrons. The van der Waals surface area contributed by atoms with Crippen molar-refractivity contribution in [2.75, 3.05) is 20.8 Å². The number of carbonyl (C=O) groups excluding carboxylic acids is 1. The van der Waals surface area contributed by atoms with Gasteiger partial charge >= 0.3 is 0 Å². The summed E-state index contributed by atoms with van der Waals surface area (Å²) in [7, 11) is 3.19. The fourth-order valence-corrected chi connectivity index (χ4v) is 4.36. The van der Waals surface area contributed by atoms with Gasteiger partial charge in [-0.05, 0) is 54.7 Å². The van der Waals surface area contributed by atoms with Gasteiger partial charge in [0.15, 0.2) is 11.5 Å². The van der Waals surface area contributed by atoms with Crippen molar-refractivity contribution in [3.63, 3.8) is 0 Å². The first-order chi connectivity index (χ1) is 17.2. The van der Waals surface area contributed by atoms with Crippen molar-refractivity contribution < 1.29 is 14.3 Å². The van der Waals surface area contributed by atoms with E-state index >= 15 is 0 Å². The molecule has 0 atom stereocenters. The van der Waals surface area contributed by atoms with Crippen LogP contribution in [0.3, 0.4) is 0 Å². The Morgan fingerprint density at radius 2 is 1.63 bits per heavy atom. The number of aryl methyl sites for hydroxylation is 3. The van der Waals surface area contributed by atoms with E-state index in [0.29, 0.717) is 24.5 Å². The molecule has 6 nitrogen and oxygen atoms in total. The lowest BCUT2D eigenvalue weighted by Crippen LogP contribution is -2.26. The number of rotatable bonds is 12. The lowest BCUT2D eigenvalue weighted by atomic mass is 10.1. The summed E-state index contributed by atoms with van der Waals surface area (Å²) < 4.78 is 12.9. The van der Waals surface area contributed by atoms with Crippen LogP contribution in [0, 0.1) is 0 Å². The maximum Gasteiger partial charge on any atom is 0.224 e. The van der Waals surface area contributed by atoms with Crippen molar-refractivity contribution >= 4 is 16.9 Å². The molecule has 0 aliphatic rings. The van der Waals surface area contributed by atoms with Crippen LogP contribution in [-0.4, -0.2) is 36.2 Å². The lowest BCUT2D eigenvalue weighted by Gasteiger charge is -2.11. The highest BCUT2D eigenvalue weighted by Crippen LogP contribution is 2.27. The quantitative estimate of drug-likeness (QED) is 0.296.